The van der Waals surface area contributed by atoms with Gasteiger partial charge in [-0.3, -0.25) is 0 Å². The predicted octanol–water partition coefficient (Wildman–Crippen LogP) is 4.92. The number of carboxylic acid groups (broad SMARTS) is 1. The number of ether oxygens (including phenoxy) is 1. The Balaban J connectivity index is 2.28. The van der Waals surface area contributed by atoms with Crippen LogP contribution >= 0.6 is 23.2 Å². The minimum absolute atomic E-state index is 0.165. The highest BCUT2D eigenvalue weighted by molar-refractivity contribution is 6.42. The van der Waals surface area contributed by atoms with E-state index in [1.807, 2.05) is 0 Å². The number of methoxy groups -OCH3 is 1. The summed E-state index contributed by atoms with van der Waals surface area (Å²) in [5.41, 5.74) is 1.89. The number of carbonyl (C=O) groups is 1. The molecule has 0 spiro atoms. The van der Waals surface area contributed by atoms with E-state index in [9.17, 15) is 9.90 Å². The summed E-state index contributed by atoms with van der Waals surface area (Å²) in [6, 6.07) is 11.7. The van der Waals surface area contributed by atoms with E-state index >= 15 is 0 Å². The molecule has 0 amide bonds. The van der Waals surface area contributed by atoms with Gasteiger partial charge < -0.3 is 9.84 Å². The average Bonchev–Trinajstić information content (AvgIpc) is 2.55. The standard InChI is InChI=1S/C17H11Cl2NO3/c1-23-10-3-4-11-12(17(21)22)8-15(20-16(11)7-10)9-2-5-13(18)14(19)6-9/h2-8H,1H3,(H,21,22). The molecule has 0 aliphatic rings. The first-order valence-electron chi connectivity index (χ1n) is 6.67. The normalized spacial score (nSPS) is 10.7. The Kier molecular flexibility index (Phi) is 4.11. The SMILES string of the molecule is COc1ccc2c(C(=O)O)cc(-c3ccc(Cl)c(Cl)c3)nc2c1. The van der Waals surface area contributed by atoms with Gasteiger partial charge in [0, 0.05) is 17.0 Å². The van der Waals surface area contributed by atoms with Gasteiger partial charge in [-0.25, -0.2) is 9.78 Å². The Hall–Kier alpha value is -2.30. The maximum absolute atomic E-state index is 11.6. The molecule has 0 saturated heterocycles. The van der Waals surface area contributed by atoms with Crippen molar-refractivity contribution in [3.8, 4) is 17.0 Å². The average molecular weight is 348 g/mol. The summed E-state index contributed by atoms with van der Waals surface area (Å²) in [5.74, 6) is -0.420. The summed E-state index contributed by atoms with van der Waals surface area (Å²) >= 11 is 12.0. The van der Waals surface area contributed by atoms with E-state index in [4.69, 9.17) is 27.9 Å². The number of nitrogens with zero attached hydrogens (tertiary/aromatic N) is 1. The summed E-state index contributed by atoms with van der Waals surface area (Å²) in [7, 11) is 1.54. The largest absolute Gasteiger partial charge is 0.497 e. The van der Waals surface area contributed by atoms with Crippen LogP contribution in [-0.4, -0.2) is 23.2 Å². The molecule has 23 heavy (non-hydrogen) atoms. The fraction of sp³-hybridized carbons (Fsp3) is 0.0588. The van der Waals surface area contributed by atoms with Crippen LogP contribution in [0.15, 0.2) is 42.5 Å². The molecule has 6 heteroatoms. The van der Waals surface area contributed by atoms with Gasteiger partial charge in [0.15, 0.2) is 0 Å². The first-order valence-corrected chi connectivity index (χ1v) is 7.42. The molecule has 1 aromatic heterocycles. The lowest BCUT2D eigenvalue weighted by atomic mass is 10.0. The van der Waals surface area contributed by atoms with Crippen LogP contribution in [0.25, 0.3) is 22.2 Å². The second-order valence-electron chi connectivity index (χ2n) is 4.87. The third-order valence-electron chi connectivity index (χ3n) is 3.46. The predicted molar refractivity (Wildman–Crippen MR) is 90.7 cm³/mol. The quantitative estimate of drug-likeness (QED) is 0.730. The van der Waals surface area contributed by atoms with Gasteiger partial charge >= 0.3 is 5.97 Å². The van der Waals surface area contributed by atoms with Crippen LogP contribution < -0.4 is 4.74 Å². The zero-order valence-electron chi connectivity index (χ0n) is 12.0. The third-order valence-corrected chi connectivity index (χ3v) is 4.20. The first kappa shape index (κ1) is 15.6. The topological polar surface area (TPSA) is 59.4 Å². The van der Waals surface area contributed by atoms with Gasteiger partial charge in [0.1, 0.15) is 5.75 Å². The monoisotopic (exact) mass is 347 g/mol. The molecule has 0 bridgehead atoms. The molecule has 0 aliphatic heterocycles. The summed E-state index contributed by atoms with van der Waals surface area (Å²) in [4.78, 5) is 16.1. The van der Waals surface area contributed by atoms with Gasteiger partial charge in [0.05, 0.1) is 33.9 Å². The van der Waals surface area contributed by atoms with E-state index in [2.05, 4.69) is 4.98 Å². The Morgan fingerprint density at radius 2 is 1.87 bits per heavy atom. The van der Waals surface area contributed by atoms with Crippen LogP contribution in [0.3, 0.4) is 0 Å². The Morgan fingerprint density at radius 1 is 1.09 bits per heavy atom. The maximum Gasteiger partial charge on any atom is 0.336 e. The highest BCUT2D eigenvalue weighted by atomic mass is 35.5. The molecule has 3 rings (SSSR count). The van der Waals surface area contributed by atoms with Crippen LogP contribution in [0, 0.1) is 0 Å². The molecule has 1 N–H and O–H groups in total. The Labute approximate surface area is 142 Å². The zero-order chi connectivity index (χ0) is 16.6. The van der Waals surface area contributed by atoms with E-state index < -0.39 is 5.97 Å². The first-order chi connectivity index (χ1) is 11.0. The molecule has 3 aromatic rings. The number of carboxylic acids is 1. The fourth-order valence-electron chi connectivity index (χ4n) is 2.32. The van der Waals surface area contributed by atoms with E-state index in [1.165, 1.54) is 6.07 Å². The van der Waals surface area contributed by atoms with Crippen LogP contribution in [0.2, 0.25) is 10.0 Å². The van der Waals surface area contributed by atoms with Crippen molar-refractivity contribution < 1.29 is 14.6 Å². The van der Waals surface area contributed by atoms with Crippen molar-refractivity contribution in [2.45, 2.75) is 0 Å². The number of aromatic carboxylic acids is 1. The van der Waals surface area contributed by atoms with E-state index in [-0.39, 0.29) is 5.56 Å². The molecular formula is C17H11Cl2NO3. The van der Waals surface area contributed by atoms with Crippen molar-refractivity contribution in [1.82, 2.24) is 4.98 Å². The minimum Gasteiger partial charge on any atom is -0.497 e. The van der Waals surface area contributed by atoms with Crippen molar-refractivity contribution in [3.05, 3.63) is 58.1 Å². The molecule has 4 nitrogen and oxygen atoms in total. The fourth-order valence-corrected chi connectivity index (χ4v) is 2.61. The molecule has 0 fully saturated rings. The highest BCUT2D eigenvalue weighted by Crippen LogP contribution is 2.31. The van der Waals surface area contributed by atoms with Crippen molar-refractivity contribution >= 4 is 40.1 Å². The Morgan fingerprint density at radius 3 is 2.52 bits per heavy atom. The number of halogens is 2. The zero-order valence-corrected chi connectivity index (χ0v) is 13.5. The van der Waals surface area contributed by atoms with Crippen LogP contribution in [0.1, 0.15) is 10.4 Å². The third kappa shape index (κ3) is 2.96. The Bertz CT molecular complexity index is 925. The number of benzene rings is 2. The van der Waals surface area contributed by atoms with Crippen LogP contribution in [-0.2, 0) is 0 Å². The molecule has 0 radical (unpaired) electrons. The van der Waals surface area contributed by atoms with Crippen molar-refractivity contribution in [2.24, 2.45) is 0 Å². The molecule has 2 aromatic carbocycles. The molecule has 0 aliphatic carbocycles. The van der Waals surface area contributed by atoms with E-state index in [0.29, 0.717) is 38.0 Å². The molecule has 1 heterocycles. The van der Waals surface area contributed by atoms with Gasteiger partial charge in [-0.05, 0) is 30.3 Å². The number of rotatable bonds is 3. The smallest absolute Gasteiger partial charge is 0.336 e. The van der Waals surface area contributed by atoms with E-state index in [0.717, 1.165) is 0 Å². The lowest BCUT2D eigenvalue weighted by Crippen LogP contribution is -2.00. The number of fused-ring (bicyclic) bond motifs is 1. The van der Waals surface area contributed by atoms with Crippen molar-refractivity contribution in [1.29, 1.82) is 0 Å². The lowest BCUT2D eigenvalue weighted by Gasteiger charge is -2.09. The number of pyridine rings is 1. The molecule has 0 saturated carbocycles. The van der Waals surface area contributed by atoms with Gasteiger partial charge in [0.2, 0.25) is 0 Å². The summed E-state index contributed by atoms with van der Waals surface area (Å²) in [6.45, 7) is 0. The van der Waals surface area contributed by atoms with Crippen LogP contribution in [0.4, 0.5) is 0 Å². The van der Waals surface area contributed by atoms with Gasteiger partial charge in [0.25, 0.3) is 0 Å². The van der Waals surface area contributed by atoms with Crippen molar-refractivity contribution in [3.63, 3.8) is 0 Å². The minimum atomic E-state index is -1.02. The summed E-state index contributed by atoms with van der Waals surface area (Å²) < 4.78 is 5.18. The molecule has 0 atom stereocenters. The van der Waals surface area contributed by atoms with Crippen LogP contribution in [0.5, 0.6) is 5.75 Å². The number of aromatic nitrogens is 1. The highest BCUT2D eigenvalue weighted by Gasteiger charge is 2.14. The second-order valence-corrected chi connectivity index (χ2v) is 5.69. The lowest BCUT2D eigenvalue weighted by molar-refractivity contribution is 0.0699. The van der Waals surface area contributed by atoms with Gasteiger partial charge in [-0.1, -0.05) is 29.3 Å². The maximum atomic E-state index is 11.6. The van der Waals surface area contributed by atoms with E-state index in [1.54, 1.807) is 43.5 Å². The number of hydrogen-bond acceptors (Lipinski definition) is 3. The van der Waals surface area contributed by atoms with Gasteiger partial charge in [-0.2, -0.15) is 0 Å². The second kappa shape index (κ2) is 6.07. The molecule has 116 valence electrons. The van der Waals surface area contributed by atoms with Gasteiger partial charge in [-0.15, -0.1) is 0 Å². The summed E-state index contributed by atoms with van der Waals surface area (Å²) in [5, 5.41) is 10.8. The van der Waals surface area contributed by atoms with Crippen molar-refractivity contribution in [2.75, 3.05) is 7.11 Å². The molecular weight excluding hydrogens is 337 g/mol. The summed E-state index contributed by atoms with van der Waals surface area (Å²) in [6.07, 6.45) is 0. The molecule has 0 unspecified atom stereocenters. The number of hydrogen-bond donors (Lipinski definition) is 1.